The molecule has 1 aliphatic carbocycles. The second kappa shape index (κ2) is 11.2. The highest BCUT2D eigenvalue weighted by Crippen LogP contribution is 2.34. The summed E-state index contributed by atoms with van der Waals surface area (Å²) in [5, 5.41) is 32.2. The van der Waals surface area contributed by atoms with Crippen LogP contribution in [-0.2, 0) is 23.8 Å². The van der Waals surface area contributed by atoms with E-state index < -0.39 is 52.3 Å². The lowest BCUT2D eigenvalue weighted by molar-refractivity contribution is -0.148. The van der Waals surface area contributed by atoms with Crippen LogP contribution in [-0.4, -0.2) is 88.6 Å². The first-order valence-corrected chi connectivity index (χ1v) is 12.3. The van der Waals surface area contributed by atoms with Gasteiger partial charge < -0.3 is 29.7 Å². The number of esters is 2. The largest absolute Gasteiger partial charge is 0.461 e. The molecule has 2 aromatic heterocycles. The topological polar surface area (TPSA) is 158 Å². The molecule has 2 fully saturated rings. The number of aliphatic hydroxyl groups excluding tert-OH is 2. The Balaban J connectivity index is 1.50. The monoisotopic (exact) mass is 571 g/mol. The van der Waals surface area contributed by atoms with Crippen LogP contribution in [0.4, 0.5) is 5.82 Å². The Morgan fingerprint density at radius 3 is 2.63 bits per heavy atom. The molecule has 192 valence electrons. The van der Waals surface area contributed by atoms with Crippen molar-refractivity contribution in [2.75, 3.05) is 11.9 Å². The zero-order valence-corrected chi connectivity index (χ0v) is 20.9. The third kappa shape index (κ3) is 5.68. The summed E-state index contributed by atoms with van der Waals surface area (Å²) < 4.78 is 17.5. The Kier molecular flexibility index (Phi) is 8.41. The summed E-state index contributed by atoms with van der Waals surface area (Å²) in [6.07, 6.45) is -0.295. The summed E-state index contributed by atoms with van der Waals surface area (Å²) in [4.78, 5) is 25.0. The van der Waals surface area contributed by atoms with Gasteiger partial charge in [-0.25, -0.2) is 14.6 Å². The minimum atomic E-state index is -1.38. The van der Waals surface area contributed by atoms with Crippen molar-refractivity contribution in [2.24, 2.45) is 0 Å². The van der Waals surface area contributed by atoms with Gasteiger partial charge in [-0.1, -0.05) is 46.4 Å². The van der Waals surface area contributed by atoms with Gasteiger partial charge in [0.15, 0.2) is 12.0 Å². The number of ether oxygens (including phenoxy) is 3. The summed E-state index contributed by atoms with van der Waals surface area (Å²) >= 11 is 22.1. The van der Waals surface area contributed by atoms with Crippen molar-refractivity contribution in [3.63, 3.8) is 0 Å². The van der Waals surface area contributed by atoms with Gasteiger partial charge in [0.1, 0.15) is 36.5 Å². The average molecular weight is 573 g/mol. The fourth-order valence-corrected chi connectivity index (χ4v) is 4.33. The van der Waals surface area contributed by atoms with Gasteiger partial charge in [0.25, 0.3) is 0 Å². The van der Waals surface area contributed by atoms with E-state index in [1.807, 2.05) is 0 Å². The number of aliphatic hydroxyl groups is 2. The lowest BCUT2D eigenvalue weighted by Crippen LogP contribution is -2.34. The Morgan fingerprint density at radius 1 is 1.17 bits per heavy atom. The number of aromatic nitrogens is 4. The van der Waals surface area contributed by atoms with Crippen molar-refractivity contribution in [1.29, 1.82) is 0 Å². The molecule has 3 N–H and O–H groups in total. The fourth-order valence-electron chi connectivity index (χ4n) is 4.10. The number of carbonyl (C=O) groups excluding carboxylic acids is 2. The molecule has 0 spiro atoms. The first kappa shape index (κ1) is 26.4. The predicted molar refractivity (Wildman–Crippen MR) is 124 cm³/mol. The van der Waals surface area contributed by atoms with Crippen LogP contribution in [0.15, 0.2) is 12.5 Å². The van der Waals surface area contributed by atoms with Crippen molar-refractivity contribution in [1.82, 2.24) is 19.7 Å². The molecule has 0 radical (unpaired) electrons. The number of anilines is 1. The first-order valence-electron chi connectivity index (χ1n) is 10.6. The van der Waals surface area contributed by atoms with E-state index in [9.17, 15) is 19.8 Å². The number of rotatable bonds is 8. The standard InChI is InChI=1S/C19H21Cl4N5O7/c20-14(21)18(31)33-5-10-12(29)13(30)17(34-10)28-6-24-11-8(28)4-25-27-16(11)26-7-2-1-3-9(7)35-19(32)15(22)23/h4,6-7,9-10,12-15,17,29-30H,1-3,5H2,(H,26,27)/t7-,9-,10+,12+,13+,17+/m0/s1. The molecule has 2 aromatic rings. The van der Waals surface area contributed by atoms with E-state index in [2.05, 4.69) is 20.5 Å². The number of nitrogens with zero attached hydrogens (tertiary/aromatic N) is 4. The van der Waals surface area contributed by atoms with Gasteiger partial charge >= 0.3 is 11.9 Å². The van der Waals surface area contributed by atoms with Crippen LogP contribution in [0, 0.1) is 0 Å². The lowest BCUT2D eigenvalue weighted by Gasteiger charge is -2.22. The van der Waals surface area contributed by atoms with Gasteiger partial charge in [0.05, 0.1) is 24.1 Å². The highest BCUT2D eigenvalue weighted by atomic mass is 35.5. The van der Waals surface area contributed by atoms with Crippen LogP contribution in [0.2, 0.25) is 0 Å². The number of alkyl halides is 4. The zero-order chi connectivity index (χ0) is 25.3. The summed E-state index contributed by atoms with van der Waals surface area (Å²) in [5.41, 5.74) is 0.864. The molecular weight excluding hydrogens is 552 g/mol. The molecule has 0 bridgehead atoms. The van der Waals surface area contributed by atoms with Crippen molar-refractivity contribution >= 4 is 75.2 Å². The van der Waals surface area contributed by atoms with E-state index in [1.54, 1.807) is 0 Å². The third-order valence-electron chi connectivity index (χ3n) is 5.79. The Hall–Kier alpha value is -1.67. The normalized spacial score (nSPS) is 28.7. The molecule has 1 aliphatic heterocycles. The maximum absolute atomic E-state index is 11.8. The van der Waals surface area contributed by atoms with Crippen molar-refractivity contribution in [3.8, 4) is 0 Å². The smallest absolute Gasteiger partial charge is 0.339 e. The summed E-state index contributed by atoms with van der Waals surface area (Å²) in [7, 11) is 0. The SMILES string of the molecule is O=C(OC[C@H]1O[C@@H](n2cnc3c(N[C@H]4CCC[C@@H]4OC(=O)C(Cl)Cl)nncc32)[C@H](O)[C@@H]1O)C(Cl)Cl. The highest BCUT2D eigenvalue weighted by molar-refractivity contribution is 6.53. The number of nitrogens with one attached hydrogen (secondary N) is 1. The zero-order valence-electron chi connectivity index (χ0n) is 17.8. The van der Waals surface area contributed by atoms with Gasteiger partial charge in [0, 0.05) is 0 Å². The lowest BCUT2D eigenvalue weighted by atomic mass is 10.1. The van der Waals surface area contributed by atoms with Crippen molar-refractivity contribution in [3.05, 3.63) is 12.5 Å². The fraction of sp³-hybridized carbons (Fsp3) is 0.632. The number of halogens is 4. The third-order valence-corrected chi connectivity index (χ3v) is 6.51. The van der Waals surface area contributed by atoms with E-state index in [-0.39, 0.29) is 12.6 Å². The second-order valence-corrected chi connectivity index (χ2v) is 10.2. The van der Waals surface area contributed by atoms with E-state index in [4.69, 9.17) is 60.6 Å². The molecule has 16 heteroatoms. The molecule has 1 saturated heterocycles. The summed E-state index contributed by atoms with van der Waals surface area (Å²) in [6.45, 7) is -0.365. The molecule has 2 aliphatic rings. The van der Waals surface area contributed by atoms with E-state index >= 15 is 0 Å². The number of fused-ring (bicyclic) bond motifs is 1. The maximum atomic E-state index is 11.8. The molecule has 3 heterocycles. The highest BCUT2D eigenvalue weighted by Gasteiger charge is 2.45. The Bertz CT molecular complexity index is 1070. The molecule has 12 nitrogen and oxygen atoms in total. The van der Waals surface area contributed by atoms with E-state index in [0.29, 0.717) is 29.7 Å². The molecule has 0 unspecified atom stereocenters. The molecule has 0 amide bonds. The van der Waals surface area contributed by atoms with E-state index in [0.717, 1.165) is 6.42 Å². The molecule has 0 aromatic carbocycles. The average Bonchev–Trinajstić information content (AvgIpc) is 3.51. The maximum Gasteiger partial charge on any atom is 0.339 e. The molecular formula is C19H21Cl4N5O7. The first-order chi connectivity index (χ1) is 16.7. The van der Waals surface area contributed by atoms with Gasteiger partial charge in [-0.2, -0.15) is 5.10 Å². The molecule has 35 heavy (non-hydrogen) atoms. The van der Waals surface area contributed by atoms with Crippen molar-refractivity contribution < 1.29 is 34.0 Å². The van der Waals surface area contributed by atoms with Crippen LogP contribution in [0.3, 0.4) is 0 Å². The Morgan fingerprint density at radius 2 is 1.91 bits per heavy atom. The van der Waals surface area contributed by atoms with Gasteiger partial charge in [-0.15, -0.1) is 5.10 Å². The van der Waals surface area contributed by atoms with Crippen LogP contribution in [0.1, 0.15) is 25.5 Å². The van der Waals surface area contributed by atoms with Crippen LogP contribution < -0.4 is 5.32 Å². The van der Waals surface area contributed by atoms with E-state index in [1.165, 1.54) is 17.1 Å². The predicted octanol–water partition coefficient (Wildman–Crippen LogP) is 1.47. The van der Waals surface area contributed by atoms with Gasteiger partial charge in [-0.3, -0.25) is 4.57 Å². The molecule has 1 saturated carbocycles. The summed E-state index contributed by atoms with van der Waals surface area (Å²) in [5.74, 6) is -1.29. The van der Waals surface area contributed by atoms with Gasteiger partial charge in [0.2, 0.25) is 9.67 Å². The quantitative estimate of drug-likeness (QED) is 0.310. The van der Waals surface area contributed by atoms with Gasteiger partial charge in [-0.05, 0) is 19.3 Å². The molecule has 6 atom stereocenters. The molecule has 4 rings (SSSR count). The van der Waals surface area contributed by atoms with Crippen LogP contribution in [0.25, 0.3) is 11.0 Å². The Labute approximate surface area is 218 Å². The minimum Gasteiger partial charge on any atom is -0.461 e. The minimum absolute atomic E-state index is 0.266. The second-order valence-electron chi connectivity index (χ2n) is 8.01. The summed E-state index contributed by atoms with van der Waals surface area (Å²) in [6, 6.07) is -0.266. The van der Waals surface area contributed by atoms with Crippen LogP contribution >= 0.6 is 46.4 Å². The number of hydrogen-bond acceptors (Lipinski definition) is 11. The van der Waals surface area contributed by atoms with Crippen molar-refractivity contribution in [2.45, 2.75) is 65.6 Å². The number of hydrogen-bond donors (Lipinski definition) is 3. The number of carbonyl (C=O) groups is 2. The number of imidazole rings is 1. The van der Waals surface area contributed by atoms with Crippen LogP contribution in [0.5, 0.6) is 0 Å².